The van der Waals surface area contributed by atoms with Gasteiger partial charge in [-0.05, 0) is 13.8 Å². The minimum absolute atomic E-state index is 0.0749. The van der Waals surface area contributed by atoms with E-state index in [4.69, 9.17) is 5.14 Å². The first-order chi connectivity index (χ1) is 7.30. The summed E-state index contributed by atoms with van der Waals surface area (Å²) in [5.74, 6) is -0.0749. The highest BCUT2D eigenvalue weighted by Gasteiger charge is 2.25. The molecule has 0 unspecified atom stereocenters. The van der Waals surface area contributed by atoms with Crippen molar-refractivity contribution >= 4 is 16.1 Å². The minimum atomic E-state index is -3.62. The van der Waals surface area contributed by atoms with Gasteiger partial charge >= 0.3 is 0 Å². The zero-order valence-corrected chi connectivity index (χ0v) is 10.3. The van der Waals surface area contributed by atoms with E-state index in [1.165, 1.54) is 4.31 Å². The molecule has 92 valence electrons. The van der Waals surface area contributed by atoms with Gasteiger partial charge in [-0.2, -0.15) is 12.7 Å². The zero-order valence-electron chi connectivity index (χ0n) is 9.51. The van der Waals surface area contributed by atoms with Crippen LogP contribution >= 0.6 is 0 Å². The van der Waals surface area contributed by atoms with Crippen LogP contribution < -0.4 is 5.14 Å². The average molecular weight is 247 g/mol. The van der Waals surface area contributed by atoms with Crippen LogP contribution in [0.25, 0.3) is 0 Å². The summed E-state index contributed by atoms with van der Waals surface area (Å²) >= 11 is 0. The second-order valence-electron chi connectivity index (χ2n) is 3.99. The molecule has 0 bridgehead atoms. The molecule has 6 nitrogen and oxygen atoms in total. The molecule has 0 aromatic carbocycles. The molecular formula is C9H17N3O3S. The van der Waals surface area contributed by atoms with Crippen LogP contribution in [-0.2, 0) is 15.0 Å². The first-order valence-electron chi connectivity index (χ1n) is 5.02. The SMILES string of the molecule is CC(C)=CC(=O)N1CCN(S(N)(=O)=O)CC1. The Balaban J connectivity index is 2.56. The van der Waals surface area contributed by atoms with Crippen molar-refractivity contribution in [1.29, 1.82) is 0 Å². The smallest absolute Gasteiger partial charge is 0.277 e. The third kappa shape index (κ3) is 3.58. The highest BCUT2D eigenvalue weighted by Crippen LogP contribution is 2.05. The average Bonchev–Trinajstić information content (AvgIpc) is 2.15. The van der Waals surface area contributed by atoms with E-state index < -0.39 is 10.2 Å². The number of nitrogens with zero attached hydrogens (tertiary/aromatic N) is 2. The Bertz CT molecular complexity index is 390. The number of allylic oxidation sites excluding steroid dienone is 1. The number of carbonyl (C=O) groups excluding carboxylic acids is 1. The van der Waals surface area contributed by atoms with Gasteiger partial charge in [0, 0.05) is 32.3 Å². The number of rotatable bonds is 2. The molecule has 0 radical (unpaired) electrons. The maximum atomic E-state index is 11.6. The molecule has 1 rings (SSSR count). The van der Waals surface area contributed by atoms with Gasteiger partial charge in [0.05, 0.1) is 0 Å². The lowest BCUT2D eigenvalue weighted by atomic mass is 10.3. The van der Waals surface area contributed by atoms with Gasteiger partial charge in [0.1, 0.15) is 0 Å². The number of amides is 1. The van der Waals surface area contributed by atoms with Gasteiger partial charge in [0.25, 0.3) is 10.2 Å². The fourth-order valence-electron chi connectivity index (χ4n) is 1.50. The summed E-state index contributed by atoms with van der Waals surface area (Å²) in [7, 11) is -3.62. The third-order valence-electron chi connectivity index (χ3n) is 2.32. The molecule has 0 spiro atoms. The first-order valence-corrected chi connectivity index (χ1v) is 6.52. The molecule has 2 N–H and O–H groups in total. The fourth-order valence-corrected chi connectivity index (χ4v) is 2.17. The molecular weight excluding hydrogens is 230 g/mol. The summed E-state index contributed by atoms with van der Waals surface area (Å²) in [6, 6.07) is 0. The van der Waals surface area contributed by atoms with Gasteiger partial charge in [-0.3, -0.25) is 4.79 Å². The highest BCUT2D eigenvalue weighted by molar-refractivity contribution is 7.86. The van der Waals surface area contributed by atoms with Crippen LogP contribution in [0.4, 0.5) is 0 Å². The van der Waals surface area contributed by atoms with Gasteiger partial charge in [-0.1, -0.05) is 5.57 Å². The number of hydrogen-bond donors (Lipinski definition) is 1. The van der Waals surface area contributed by atoms with Crippen molar-refractivity contribution in [2.75, 3.05) is 26.2 Å². The molecule has 1 amide bonds. The summed E-state index contributed by atoms with van der Waals surface area (Å²) < 4.78 is 23.2. The van der Waals surface area contributed by atoms with Gasteiger partial charge in [0.15, 0.2) is 0 Å². The lowest BCUT2D eigenvalue weighted by Crippen LogP contribution is -2.51. The largest absolute Gasteiger partial charge is 0.337 e. The normalized spacial score (nSPS) is 18.3. The second kappa shape index (κ2) is 4.94. The topological polar surface area (TPSA) is 83.7 Å². The maximum Gasteiger partial charge on any atom is 0.277 e. The van der Waals surface area contributed by atoms with E-state index in [0.29, 0.717) is 13.1 Å². The molecule has 7 heteroatoms. The predicted octanol–water partition coefficient (Wildman–Crippen LogP) is -0.700. The van der Waals surface area contributed by atoms with Gasteiger partial charge < -0.3 is 4.90 Å². The second-order valence-corrected chi connectivity index (χ2v) is 5.54. The van der Waals surface area contributed by atoms with Gasteiger partial charge in [-0.25, -0.2) is 5.14 Å². The molecule has 1 aliphatic heterocycles. The van der Waals surface area contributed by atoms with Crippen molar-refractivity contribution in [3.63, 3.8) is 0 Å². The van der Waals surface area contributed by atoms with Crippen molar-refractivity contribution in [1.82, 2.24) is 9.21 Å². The van der Waals surface area contributed by atoms with Crippen molar-refractivity contribution in [3.8, 4) is 0 Å². The lowest BCUT2D eigenvalue weighted by molar-refractivity contribution is -0.127. The summed E-state index contributed by atoms with van der Waals surface area (Å²) in [5, 5.41) is 5.00. The number of carbonyl (C=O) groups is 1. The van der Waals surface area contributed by atoms with Gasteiger partial charge in [-0.15, -0.1) is 0 Å². The molecule has 0 atom stereocenters. The zero-order chi connectivity index (χ0) is 12.3. The van der Waals surface area contributed by atoms with Crippen molar-refractivity contribution in [2.24, 2.45) is 5.14 Å². The molecule has 0 saturated carbocycles. The van der Waals surface area contributed by atoms with Crippen LogP contribution in [0.2, 0.25) is 0 Å². The quantitative estimate of drug-likeness (QED) is 0.655. The Morgan fingerprint density at radius 2 is 1.69 bits per heavy atom. The van der Waals surface area contributed by atoms with Crippen LogP contribution in [-0.4, -0.2) is 49.7 Å². The fraction of sp³-hybridized carbons (Fsp3) is 0.667. The third-order valence-corrected chi connectivity index (χ3v) is 3.41. The van der Waals surface area contributed by atoms with E-state index in [1.807, 2.05) is 13.8 Å². The van der Waals surface area contributed by atoms with Crippen molar-refractivity contribution in [3.05, 3.63) is 11.6 Å². The van der Waals surface area contributed by atoms with Gasteiger partial charge in [0.2, 0.25) is 5.91 Å². The molecule has 1 saturated heterocycles. The van der Waals surface area contributed by atoms with E-state index in [9.17, 15) is 13.2 Å². The standard InChI is InChI=1S/C9H17N3O3S/c1-8(2)7-9(13)11-3-5-12(6-4-11)16(10,14)15/h7H,3-6H2,1-2H3,(H2,10,14,15). The Morgan fingerprint density at radius 3 is 2.06 bits per heavy atom. The monoisotopic (exact) mass is 247 g/mol. The first kappa shape index (κ1) is 13.1. The Morgan fingerprint density at radius 1 is 1.19 bits per heavy atom. The molecule has 1 aliphatic rings. The molecule has 1 heterocycles. The van der Waals surface area contributed by atoms with Crippen LogP contribution in [0.15, 0.2) is 11.6 Å². The van der Waals surface area contributed by atoms with E-state index in [0.717, 1.165) is 5.57 Å². The van der Waals surface area contributed by atoms with E-state index in [-0.39, 0.29) is 19.0 Å². The maximum absolute atomic E-state index is 11.6. The van der Waals surface area contributed by atoms with Crippen LogP contribution in [0, 0.1) is 0 Å². The molecule has 1 fully saturated rings. The lowest BCUT2D eigenvalue weighted by Gasteiger charge is -2.32. The van der Waals surface area contributed by atoms with Crippen LogP contribution in [0.3, 0.4) is 0 Å². The minimum Gasteiger partial charge on any atom is -0.337 e. The van der Waals surface area contributed by atoms with Crippen LogP contribution in [0.1, 0.15) is 13.8 Å². The molecule has 16 heavy (non-hydrogen) atoms. The Hall–Kier alpha value is -0.920. The van der Waals surface area contributed by atoms with E-state index >= 15 is 0 Å². The van der Waals surface area contributed by atoms with E-state index in [2.05, 4.69) is 0 Å². The Kier molecular flexibility index (Phi) is 4.06. The molecule has 0 aromatic heterocycles. The van der Waals surface area contributed by atoms with Crippen LogP contribution in [0.5, 0.6) is 0 Å². The summed E-state index contributed by atoms with van der Waals surface area (Å²) in [6.07, 6.45) is 1.55. The Labute approximate surface area is 95.9 Å². The van der Waals surface area contributed by atoms with Crippen molar-refractivity contribution < 1.29 is 13.2 Å². The summed E-state index contributed by atoms with van der Waals surface area (Å²) in [6.45, 7) is 5.00. The number of piperazine rings is 1. The summed E-state index contributed by atoms with van der Waals surface area (Å²) in [5.41, 5.74) is 0.930. The predicted molar refractivity (Wildman–Crippen MR) is 60.7 cm³/mol. The molecule has 0 aliphatic carbocycles. The number of hydrogen-bond acceptors (Lipinski definition) is 3. The van der Waals surface area contributed by atoms with E-state index in [1.54, 1.807) is 11.0 Å². The van der Waals surface area contributed by atoms with Crippen molar-refractivity contribution in [2.45, 2.75) is 13.8 Å². The molecule has 0 aromatic rings. The number of nitrogens with two attached hydrogens (primary N) is 1. The summed E-state index contributed by atoms with van der Waals surface area (Å²) in [4.78, 5) is 13.2. The highest BCUT2D eigenvalue weighted by atomic mass is 32.2.